The molecular formula is C11H10N6OS. The number of rotatable bonds is 3. The molecule has 3 N–H and O–H groups in total. The SMILES string of the molecule is NNc1nn2c(=O)c(Cc3ccccc3)nnc2s1. The van der Waals surface area contributed by atoms with Crippen molar-refractivity contribution >= 4 is 21.4 Å². The minimum Gasteiger partial charge on any atom is -0.298 e. The van der Waals surface area contributed by atoms with Crippen LogP contribution in [0.15, 0.2) is 35.1 Å². The van der Waals surface area contributed by atoms with E-state index < -0.39 is 0 Å². The number of nitrogen functional groups attached to an aromatic ring is 1. The van der Waals surface area contributed by atoms with Crippen molar-refractivity contribution in [3.8, 4) is 0 Å². The fraction of sp³-hybridized carbons (Fsp3) is 0.0909. The fourth-order valence-corrected chi connectivity index (χ4v) is 2.35. The molecule has 8 heteroatoms. The maximum Gasteiger partial charge on any atom is 0.297 e. The smallest absolute Gasteiger partial charge is 0.297 e. The lowest BCUT2D eigenvalue weighted by molar-refractivity contribution is 0.809. The molecule has 3 rings (SSSR count). The predicted octanol–water partition coefficient (Wildman–Crippen LogP) is 0.422. The normalized spacial score (nSPS) is 10.8. The number of hydrogen-bond donors (Lipinski definition) is 2. The number of nitrogens with two attached hydrogens (primary N) is 1. The number of benzene rings is 1. The first-order chi connectivity index (χ1) is 9.28. The van der Waals surface area contributed by atoms with Crippen LogP contribution < -0.4 is 16.8 Å². The van der Waals surface area contributed by atoms with Crippen molar-refractivity contribution in [3.63, 3.8) is 0 Å². The van der Waals surface area contributed by atoms with Gasteiger partial charge in [-0.3, -0.25) is 10.2 Å². The summed E-state index contributed by atoms with van der Waals surface area (Å²) in [6.07, 6.45) is 0.429. The zero-order chi connectivity index (χ0) is 13.2. The van der Waals surface area contributed by atoms with E-state index >= 15 is 0 Å². The molecule has 0 aliphatic carbocycles. The van der Waals surface area contributed by atoms with Gasteiger partial charge in [-0.2, -0.15) is 4.52 Å². The molecule has 3 aromatic rings. The van der Waals surface area contributed by atoms with Crippen LogP contribution in [-0.4, -0.2) is 19.8 Å². The Labute approximate surface area is 111 Å². The van der Waals surface area contributed by atoms with Gasteiger partial charge >= 0.3 is 0 Å². The van der Waals surface area contributed by atoms with Gasteiger partial charge in [0.15, 0.2) is 0 Å². The molecule has 2 aromatic heterocycles. The highest BCUT2D eigenvalue weighted by Crippen LogP contribution is 2.14. The molecule has 0 atom stereocenters. The summed E-state index contributed by atoms with van der Waals surface area (Å²) in [5.74, 6) is 5.26. The summed E-state index contributed by atoms with van der Waals surface area (Å²) < 4.78 is 1.21. The highest BCUT2D eigenvalue weighted by atomic mass is 32.1. The number of anilines is 1. The molecule has 0 unspecified atom stereocenters. The van der Waals surface area contributed by atoms with Gasteiger partial charge in [0, 0.05) is 6.42 Å². The zero-order valence-corrected chi connectivity index (χ0v) is 10.6. The summed E-state index contributed by atoms with van der Waals surface area (Å²) in [7, 11) is 0. The Balaban J connectivity index is 2.05. The third kappa shape index (κ3) is 2.18. The van der Waals surface area contributed by atoms with Gasteiger partial charge in [0.2, 0.25) is 10.1 Å². The molecule has 0 spiro atoms. The molecule has 19 heavy (non-hydrogen) atoms. The molecule has 0 saturated heterocycles. The topological polar surface area (TPSA) is 98.2 Å². The Morgan fingerprint density at radius 2 is 2.05 bits per heavy atom. The maximum atomic E-state index is 12.2. The van der Waals surface area contributed by atoms with Crippen molar-refractivity contribution < 1.29 is 0 Å². The van der Waals surface area contributed by atoms with Crippen molar-refractivity contribution in [1.82, 2.24) is 19.8 Å². The monoisotopic (exact) mass is 274 g/mol. The highest BCUT2D eigenvalue weighted by molar-refractivity contribution is 7.20. The van der Waals surface area contributed by atoms with Crippen LogP contribution >= 0.6 is 11.3 Å². The lowest BCUT2D eigenvalue weighted by Crippen LogP contribution is -2.22. The molecule has 2 heterocycles. The summed E-state index contributed by atoms with van der Waals surface area (Å²) in [5, 5.41) is 12.4. The fourth-order valence-electron chi connectivity index (χ4n) is 1.71. The van der Waals surface area contributed by atoms with Gasteiger partial charge in [0.25, 0.3) is 5.56 Å². The summed E-state index contributed by atoms with van der Waals surface area (Å²) in [5.41, 5.74) is 3.48. The van der Waals surface area contributed by atoms with Crippen LogP contribution in [0.3, 0.4) is 0 Å². The molecule has 0 aliphatic heterocycles. The lowest BCUT2D eigenvalue weighted by atomic mass is 10.1. The molecule has 7 nitrogen and oxygen atoms in total. The second-order valence-electron chi connectivity index (χ2n) is 3.86. The van der Waals surface area contributed by atoms with Crippen molar-refractivity contribution in [1.29, 1.82) is 0 Å². The molecule has 1 aromatic carbocycles. The average molecular weight is 274 g/mol. The van der Waals surface area contributed by atoms with Crippen LogP contribution in [0.5, 0.6) is 0 Å². The van der Waals surface area contributed by atoms with Crippen molar-refractivity contribution in [3.05, 3.63) is 51.9 Å². The number of hydrazine groups is 1. The summed E-state index contributed by atoms with van der Waals surface area (Å²) in [6.45, 7) is 0. The molecule has 0 amide bonds. The number of nitrogens with one attached hydrogen (secondary N) is 1. The van der Waals surface area contributed by atoms with E-state index in [1.165, 1.54) is 15.9 Å². The molecule has 0 aliphatic rings. The number of aromatic nitrogens is 4. The third-order valence-corrected chi connectivity index (χ3v) is 3.42. The number of fused-ring (bicyclic) bond motifs is 1. The van der Waals surface area contributed by atoms with Gasteiger partial charge in [-0.1, -0.05) is 41.7 Å². The second-order valence-corrected chi connectivity index (χ2v) is 4.82. The van der Waals surface area contributed by atoms with Gasteiger partial charge in [-0.25, -0.2) is 5.84 Å². The summed E-state index contributed by atoms with van der Waals surface area (Å²) in [6, 6.07) is 9.62. The number of hydrogen-bond acceptors (Lipinski definition) is 7. The first kappa shape index (κ1) is 11.8. The lowest BCUT2D eigenvalue weighted by Gasteiger charge is -1.99. The van der Waals surface area contributed by atoms with Gasteiger partial charge in [0.05, 0.1) is 0 Å². The Morgan fingerprint density at radius 1 is 1.26 bits per heavy atom. The minimum absolute atomic E-state index is 0.272. The molecule has 0 saturated carbocycles. The summed E-state index contributed by atoms with van der Waals surface area (Å²) in [4.78, 5) is 12.6. The largest absolute Gasteiger partial charge is 0.298 e. The van der Waals surface area contributed by atoms with Gasteiger partial charge in [0.1, 0.15) is 5.69 Å². The van der Waals surface area contributed by atoms with Gasteiger partial charge in [-0.05, 0) is 5.56 Å². The Morgan fingerprint density at radius 3 is 2.79 bits per heavy atom. The Hall–Kier alpha value is -2.32. The van der Waals surface area contributed by atoms with E-state index in [2.05, 4.69) is 20.7 Å². The molecule has 96 valence electrons. The first-order valence-electron chi connectivity index (χ1n) is 5.54. The molecule has 0 fully saturated rings. The van der Waals surface area contributed by atoms with Gasteiger partial charge in [-0.15, -0.1) is 15.3 Å². The standard InChI is InChI=1S/C11H10N6OS/c12-13-10-16-17-9(18)8(14-15-11(17)19-10)6-7-4-2-1-3-5-7/h1-5H,6,12H2,(H,13,16). The van der Waals surface area contributed by atoms with Crippen molar-refractivity contribution in [2.75, 3.05) is 5.43 Å². The number of nitrogens with zero attached hydrogens (tertiary/aromatic N) is 4. The van der Waals surface area contributed by atoms with Crippen LogP contribution in [0.1, 0.15) is 11.3 Å². The first-order valence-corrected chi connectivity index (χ1v) is 6.35. The molecule has 0 radical (unpaired) electrons. The van der Waals surface area contributed by atoms with E-state index in [-0.39, 0.29) is 5.56 Å². The predicted molar refractivity (Wildman–Crippen MR) is 72.0 cm³/mol. The quantitative estimate of drug-likeness (QED) is 0.530. The minimum atomic E-state index is -0.272. The average Bonchev–Trinajstić information content (AvgIpc) is 2.87. The van der Waals surface area contributed by atoms with E-state index in [9.17, 15) is 4.79 Å². The van der Waals surface area contributed by atoms with Gasteiger partial charge < -0.3 is 0 Å². The van der Waals surface area contributed by atoms with E-state index in [0.29, 0.717) is 22.2 Å². The van der Waals surface area contributed by atoms with E-state index in [0.717, 1.165) is 5.56 Å². The van der Waals surface area contributed by atoms with E-state index in [1.54, 1.807) is 0 Å². The highest BCUT2D eigenvalue weighted by Gasteiger charge is 2.11. The van der Waals surface area contributed by atoms with Crippen LogP contribution in [0.4, 0.5) is 5.13 Å². The van der Waals surface area contributed by atoms with E-state index in [4.69, 9.17) is 5.84 Å². The van der Waals surface area contributed by atoms with Crippen molar-refractivity contribution in [2.45, 2.75) is 6.42 Å². The second kappa shape index (κ2) is 4.75. The van der Waals surface area contributed by atoms with Crippen LogP contribution in [0, 0.1) is 0 Å². The summed E-state index contributed by atoms with van der Waals surface area (Å²) >= 11 is 1.17. The van der Waals surface area contributed by atoms with E-state index in [1.807, 2.05) is 30.3 Å². The van der Waals surface area contributed by atoms with Crippen molar-refractivity contribution in [2.24, 2.45) is 5.84 Å². The third-order valence-electron chi connectivity index (χ3n) is 2.59. The van der Waals surface area contributed by atoms with Crippen LogP contribution in [0.2, 0.25) is 0 Å². The van der Waals surface area contributed by atoms with Crippen LogP contribution in [-0.2, 0) is 6.42 Å². The molecule has 0 bridgehead atoms. The maximum absolute atomic E-state index is 12.2. The van der Waals surface area contributed by atoms with Crippen LogP contribution in [0.25, 0.3) is 4.96 Å². The zero-order valence-electron chi connectivity index (χ0n) is 9.78. The molecular weight excluding hydrogens is 264 g/mol. The Kier molecular flexibility index (Phi) is 2.94. The Bertz CT molecular complexity index is 766.